The summed E-state index contributed by atoms with van der Waals surface area (Å²) < 4.78 is 0. The van der Waals surface area contributed by atoms with Gasteiger partial charge in [0.2, 0.25) is 0 Å². The number of piperidine rings is 1. The maximum Gasteiger partial charge on any atom is 0.0233 e. The third-order valence-corrected chi connectivity index (χ3v) is 3.66. The van der Waals surface area contributed by atoms with Gasteiger partial charge in [-0.05, 0) is 49.5 Å². The molecule has 1 aliphatic rings. The van der Waals surface area contributed by atoms with Crippen LogP contribution in [0.4, 0.5) is 0 Å². The Balaban J connectivity index is 1.86. The predicted octanol–water partition coefficient (Wildman–Crippen LogP) is 2.50. The molecule has 0 bridgehead atoms. The molecule has 2 rings (SSSR count). The predicted molar refractivity (Wildman–Crippen MR) is 73.6 cm³/mol. The molecule has 0 aromatic heterocycles. The third-order valence-electron chi connectivity index (χ3n) is 3.66. The molecule has 1 aromatic rings. The Hall–Kier alpha value is -1.12. The van der Waals surface area contributed by atoms with Crippen LogP contribution < -0.4 is 5.73 Å². The van der Waals surface area contributed by atoms with Gasteiger partial charge in [-0.3, -0.25) is 4.90 Å². The van der Waals surface area contributed by atoms with Crippen molar-refractivity contribution in [1.82, 2.24) is 4.90 Å². The minimum absolute atomic E-state index is 0.745. The van der Waals surface area contributed by atoms with E-state index < -0.39 is 0 Å². The molecule has 0 unspecified atom stereocenters. The molecule has 92 valence electrons. The van der Waals surface area contributed by atoms with Crippen molar-refractivity contribution >= 4 is 6.08 Å². The lowest BCUT2D eigenvalue weighted by Crippen LogP contribution is -2.35. The minimum Gasteiger partial charge on any atom is -0.330 e. The van der Waals surface area contributed by atoms with Crippen molar-refractivity contribution < 1.29 is 0 Å². The van der Waals surface area contributed by atoms with Gasteiger partial charge in [-0.15, -0.1) is 0 Å². The monoisotopic (exact) mass is 230 g/mol. The number of hydrogen-bond donors (Lipinski definition) is 1. The highest BCUT2D eigenvalue weighted by Crippen LogP contribution is 2.18. The average molecular weight is 230 g/mol. The summed E-state index contributed by atoms with van der Waals surface area (Å²) in [6, 6.07) is 8.67. The topological polar surface area (TPSA) is 29.3 Å². The lowest BCUT2D eigenvalue weighted by Gasteiger charge is -2.31. The molecule has 0 saturated carbocycles. The molecule has 2 nitrogen and oxygen atoms in total. The van der Waals surface area contributed by atoms with Gasteiger partial charge in [0.15, 0.2) is 0 Å². The molecule has 0 radical (unpaired) electrons. The normalized spacial score (nSPS) is 18.2. The summed E-state index contributed by atoms with van der Waals surface area (Å²) in [4.78, 5) is 2.52. The standard InChI is InChI=1S/C15H22N2/c1-2-13-3-5-15(6-4-13)12-17-9-7-14(11-16)8-10-17/h2-6,14H,1,7-12,16H2. The van der Waals surface area contributed by atoms with E-state index in [-0.39, 0.29) is 0 Å². The van der Waals surface area contributed by atoms with E-state index in [0.717, 1.165) is 19.0 Å². The zero-order valence-corrected chi connectivity index (χ0v) is 10.4. The maximum atomic E-state index is 5.71. The van der Waals surface area contributed by atoms with Crippen molar-refractivity contribution in [1.29, 1.82) is 0 Å². The van der Waals surface area contributed by atoms with Gasteiger partial charge >= 0.3 is 0 Å². The van der Waals surface area contributed by atoms with E-state index in [0.29, 0.717) is 0 Å². The zero-order chi connectivity index (χ0) is 12.1. The fraction of sp³-hybridized carbons (Fsp3) is 0.467. The SMILES string of the molecule is C=Cc1ccc(CN2CCC(CN)CC2)cc1. The van der Waals surface area contributed by atoms with Gasteiger partial charge in [-0.25, -0.2) is 0 Å². The van der Waals surface area contributed by atoms with Crippen LogP contribution in [-0.2, 0) is 6.54 Å². The van der Waals surface area contributed by atoms with Gasteiger partial charge in [0.1, 0.15) is 0 Å². The largest absolute Gasteiger partial charge is 0.330 e. The van der Waals surface area contributed by atoms with Crippen molar-refractivity contribution in [2.24, 2.45) is 11.7 Å². The molecule has 1 heterocycles. The number of hydrogen-bond acceptors (Lipinski definition) is 2. The summed E-state index contributed by atoms with van der Waals surface area (Å²) in [5.41, 5.74) is 8.29. The van der Waals surface area contributed by atoms with E-state index in [4.69, 9.17) is 5.73 Å². The summed E-state index contributed by atoms with van der Waals surface area (Å²) in [6.07, 6.45) is 4.39. The minimum atomic E-state index is 0.745. The first kappa shape index (κ1) is 12.3. The van der Waals surface area contributed by atoms with Crippen molar-refractivity contribution in [3.63, 3.8) is 0 Å². The third kappa shape index (κ3) is 3.42. The highest BCUT2D eigenvalue weighted by molar-refractivity contribution is 5.47. The van der Waals surface area contributed by atoms with E-state index in [1.54, 1.807) is 0 Å². The fourth-order valence-electron chi connectivity index (χ4n) is 2.40. The highest BCUT2D eigenvalue weighted by Gasteiger charge is 2.17. The Bertz CT molecular complexity index is 348. The summed E-state index contributed by atoms with van der Waals surface area (Å²) in [6.45, 7) is 8.06. The second-order valence-electron chi connectivity index (χ2n) is 4.90. The van der Waals surface area contributed by atoms with Crippen LogP contribution in [0.1, 0.15) is 24.0 Å². The molecular formula is C15H22N2. The molecule has 1 aromatic carbocycles. The lowest BCUT2D eigenvalue weighted by molar-refractivity contribution is 0.180. The van der Waals surface area contributed by atoms with E-state index in [1.165, 1.54) is 37.1 Å². The summed E-state index contributed by atoms with van der Waals surface area (Å²) >= 11 is 0. The Morgan fingerprint density at radius 2 is 1.88 bits per heavy atom. The first-order valence-electron chi connectivity index (χ1n) is 6.45. The van der Waals surface area contributed by atoms with Crippen LogP contribution in [0.3, 0.4) is 0 Å². The average Bonchev–Trinajstić information content (AvgIpc) is 2.40. The summed E-state index contributed by atoms with van der Waals surface area (Å²) in [5.74, 6) is 0.745. The van der Waals surface area contributed by atoms with Gasteiger partial charge in [-0.2, -0.15) is 0 Å². The molecule has 2 N–H and O–H groups in total. The van der Waals surface area contributed by atoms with Crippen LogP contribution in [-0.4, -0.2) is 24.5 Å². The second-order valence-corrected chi connectivity index (χ2v) is 4.90. The number of rotatable bonds is 4. The van der Waals surface area contributed by atoms with Gasteiger partial charge in [-0.1, -0.05) is 36.9 Å². The quantitative estimate of drug-likeness (QED) is 0.861. The molecule has 0 atom stereocenters. The zero-order valence-electron chi connectivity index (χ0n) is 10.4. The number of likely N-dealkylation sites (tertiary alicyclic amines) is 1. The van der Waals surface area contributed by atoms with Crippen molar-refractivity contribution in [3.8, 4) is 0 Å². The van der Waals surface area contributed by atoms with Crippen LogP contribution in [0.2, 0.25) is 0 Å². The van der Waals surface area contributed by atoms with Crippen LogP contribution in [0.15, 0.2) is 30.8 Å². The van der Waals surface area contributed by atoms with Crippen LogP contribution in [0.5, 0.6) is 0 Å². The van der Waals surface area contributed by atoms with E-state index in [2.05, 4.69) is 35.7 Å². The molecule has 1 fully saturated rings. The molecule has 1 aliphatic heterocycles. The first-order chi connectivity index (χ1) is 8.31. The Morgan fingerprint density at radius 3 is 2.41 bits per heavy atom. The van der Waals surface area contributed by atoms with Crippen LogP contribution >= 0.6 is 0 Å². The summed E-state index contributed by atoms with van der Waals surface area (Å²) in [5, 5.41) is 0. The number of benzene rings is 1. The second kappa shape index (κ2) is 5.99. The fourth-order valence-corrected chi connectivity index (χ4v) is 2.40. The maximum absolute atomic E-state index is 5.71. The van der Waals surface area contributed by atoms with Gasteiger partial charge in [0.05, 0.1) is 0 Å². The molecule has 0 aliphatic carbocycles. The Labute approximate surface area is 104 Å². The van der Waals surface area contributed by atoms with E-state index in [9.17, 15) is 0 Å². The van der Waals surface area contributed by atoms with Crippen molar-refractivity contribution in [3.05, 3.63) is 42.0 Å². The van der Waals surface area contributed by atoms with Gasteiger partial charge < -0.3 is 5.73 Å². The van der Waals surface area contributed by atoms with E-state index in [1.807, 2.05) is 6.08 Å². The first-order valence-corrected chi connectivity index (χ1v) is 6.45. The smallest absolute Gasteiger partial charge is 0.0233 e. The molecule has 17 heavy (non-hydrogen) atoms. The Kier molecular flexibility index (Phi) is 4.35. The van der Waals surface area contributed by atoms with Gasteiger partial charge in [0.25, 0.3) is 0 Å². The summed E-state index contributed by atoms with van der Waals surface area (Å²) in [7, 11) is 0. The van der Waals surface area contributed by atoms with Crippen molar-refractivity contribution in [2.45, 2.75) is 19.4 Å². The van der Waals surface area contributed by atoms with E-state index >= 15 is 0 Å². The highest BCUT2D eigenvalue weighted by atomic mass is 15.1. The Morgan fingerprint density at radius 1 is 1.24 bits per heavy atom. The van der Waals surface area contributed by atoms with Crippen LogP contribution in [0, 0.1) is 5.92 Å². The molecule has 2 heteroatoms. The van der Waals surface area contributed by atoms with Crippen LogP contribution in [0.25, 0.3) is 6.08 Å². The molecule has 0 spiro atoms. The molecule has 0 amide bonds. The molecular weight excluding hydrogens is 208 g/mol. The molecule has 1 saturated heterocycles. The van der Waals surface area contributed by atoms with Gasteiger partial charge in [0, 0.05) is 6.54 Å². The lowest BCUT2D eigenvalue weighted by atomic mass is 9.97. The number of nitrogens with two attached hydrogens (primary N) is 1. The number of nitrogens with zero attached hydrogens (tertiary/aromatic N) is 1. The van der Waals surface area contributed by atoms with Crippen molar-refractivity contribution in [2.75, 3.05) is 19.6 Å².